The lowest BCUT2D eigenvalue weighted by Gasteiger charge is -2.15. The van der Waals surface area contributed by atoms with Crippen LogP contribution in [-0.4, -0.2) is 16.1 Å². The minimum absolute atomic E-state index is 0.573. The average molecular weight is 205 g/mol. The van der Waals surface area contributed by atoms with Crippen molar-refractivity contribution in [1.82, 2.24) is 14.9 Å². The third-order valence-corrected chi connectivity index (χ3v) is 4.00. The summed E-state index contributed by atoms with van der Waals surface area (Å²) < 4.78 is 2.38. The average Bonchev–Trinajstić information content (AvgIpc) is 2.64. The van der Waals surface area contributed by atoms with Crippen LogP contribution in [-0.2, 0) is 19.5 Å². The van der Waals surface area contributed by atoms with Crippen LogP contribution in [0.4, 0.5) is 0 Å². The molecule has 1 aromatic rings. The Morgan fingerprint density at radius 3 is 3.13 bits per heavy atom. The van der Waals surface area contributed by atoms with Crippen molar-refractivity contribution < 1.29 is 0 Å². The van der Waals surface area contributed by atoms with E-state index in [2.05, 4.69) is 28.7 Å². The van der Waals surface area contributed by atoms with Crippen molar-refractivity contribution in [1.29, 1.82) is 0 Å². The summed E-state index contributed by atoms with van der Waals surface area (Å²) in [6, 6.07) is 0. The van der Waals surface area contributed by atoms with Gasteiger partial charge in [-0.15, -0.1) is 0 Å². The van der Waals surface area contributed by atoms with Gasteiger partial charge < -0.3 is 9.88 Å². The summed E-state index contributed by atoms with van der Waals surface area (Å²) in [5.74, 6) is 0.866. The Balaban J connectivity index is 1.78. The lowest BCUT2D eigenvalue weighted by molar-refractivity contribution is 0.483. The van der Waals surface area contributed by atoms with Gasteiger partial charge in [0.15, 0.2) is 0 Å². The highest BCUT2D eigenvalue weighted by molar-refractivity contribution is 5.16. The third-order valence-electron chi connectivity index (χ3n) is 4.00. The number of aromatic nitrogens is 2. The fourth-order valence-electron chi connectivity index (χ4n) is 2.58. The zero-order valence-corrected chi connectivity index (χ0v) is 9.58. The second-order valence-electron chi connectivity index (χ2n) is 5.61. The zero-order chi connectivity index (χ0) is 10.5. The Morgan fingerprint density at radius 1 is 1.60 bits per heavy atom. The van der Waals surface area contributed by atoms with Crippen LogP contribution in [0.2, 0.25) is 0 Å². The van der Waals surface area contributed by atoms with Gasteiger partial charge in [0.1, 0.15) is 0 Å². The molecule has 0 bridgehead atoms. The first-order chi connectivity index (χ1) is 7.17. The van der Waals surface area contributed by atoms with E-state index < -0.39 is 0 Å². The predicted molar refractivity (Wildman–Crippen MR) is 59.5 cm³/mol. The lowest BCUT2D eigenvalue weighted by atomic mass is 10.1. The quantitative estimate of drug-likeness (QED) is 0.794. The first-order valence-corrected chi connectivity index (χ1v) is 5.90. The van der Waals surface area contributed by atoms with Crippen molar-refractivity contribution in [2.75, 3.05) is 6.54 Å². The molecular weight excluding hydrogens is 186 g/mol. The SMILES string of the molecule is CC1(C)CC1Cn1cnc2c1CCNC2. The molecule has 1 atom stereocenters. The van der Waals surface area contributed by atoms with Gasteiger partial charge in [-0.1, -0.05) is 13.8 Å². The normalized spacial score (nSPS) is 27.5. The Kier molecular flexibility index (Phi) is 1.93. The van der Waals surface area contributed by atoms with Gasteiger partial charge >= 0.3 is 0 Å². The molecule has 1 aliphatic heterocycles. The molecule has 1 N–H and O–H groups in total. The molecule has 1 aliphatic carbocycles. The van der Waals surface area contributed by atoms with E-state index in [9.17, 15) is 0 Å². The molecule has 0 radical (unpaired) electrons. The second kappa shape index (κ2) is 3.08. The van der Waals surface area contributed by atoms with E-state index in [1.165, 1.54) is 24.4 Å². The Morgan fingerprint density at radius 2 is 2.40 bits per heavy atom. The molecule has 1 unspecified atom stereocenters. The molecule has 0 aromatic carbocycles. The summed E-state index contributed by atoms with van der Waals surface area (Å²) >= 11 is 0. The maximum atomic E-state index is 4.49. The van der Waals surface area contributed by atoms with Gasteiger partial charge in [0.05, 0.1) is 12.0 Å². The van der Waals surface area contributed by atoms with E-state index in [4.69, 9.17) is 0 Å². The van der Waals surface area contributed by atoms with Crippen LogP contribution in [0.3, 0.4) is 0 Å². The van der Waals surface area contributed by atoms with Crippen LogP contribution >= 0.6 is 0 Å². The maximum Gasteiger partial charge on any atom is 0.0952 e. The smallest absolute Gasteiger partial charge is 0.0952 e. The van der Waals surface area contributed by atoms with Crippen LogP contribution in [0.1, 0.15) is 31.7 Å². The van der Waals surface area contributed by atoms with E-state index in [1.807, 2.05) is 6.33 Å². The number of nitrogens with zero attached hydrogens (tertiary/aromatic N) is 2. The Labute approximate surface area is 90.9 Å². The minimum Gasteiger partial charge on any atom is -0.334 e. The van der Waals surface area contributed by atoms with E-state index in [0.29, 0.717) is 5.41 Å². The second-order valence-corrected chi connectivity index (χ2v) is 5.61. The van der Waals surface area contributed by atoms with Crippen molar-refractivity contribution >= 4 is 0 Å². The van der Waals surface area contributed by atoms with Crippen molar-refractivity contribution in [3.05, 3.63) is 17.7 Å². The molecule has 0 saturated heterocycles. The lowest BCUT2D eigenvalue weighted by Crippen LogP contribution is -2.25. The first-order valence-electron chi connectivity index (χ1n) is 5.90. The highest BCUT2D eigenvalue weighted by Gasteiger charge is 2.45. The molecule has 0 spiro atoms. The van der Waals surface area contributed by atoms with Crippen molar-refractivity contribution in [3.8, 4) is 0 Å². The fourth-order valence-corrected chi connectivity index (χ4v) is 2.58. The number of imidazole rings is 1. The number of fused-ring (bicyclic) bond motifs is 1. The first kappa shape index (κ1) is 9.40. The van der Waals surface area contributed by atoms with Crippen molar-refractivity contribution in [2.24, 2.45) is 11.3 Å². The standard InChI is InChI=1S/C12H19N3/c1-12(2)5-9(12)7-15-8-14-10-6-13-4-3-11(10)15/h8-9,13H,3-7H2,1-2H3. The van der Waals surface area contributed by atoms with Crippen LogP contribution < -0.4 is 5.32 Å². The molecule has 0 amide bonds. The number of hydrogen-bond acceptors (Lipinski definition) is 2. The summed E-state index contributed by atoms with van der Waals surface area (Å²) in [4.78, 5) is 4.49. The molecule has 2 heterocycles. The topological polar surface area (TPSA) is 29.9 Å². The molecular formula is C12H19N3. The predicted octanol–water partition coefficient (Wildman–Crippen LogP) is 1.57. The summed E-state index contributed by atoms with van der Waals surface area (Å²) in [5, 5.41) is 3.36. The molecule has 3 nitrogen and oxygen atoms in total. The minimum atomic E-state index is 0.573. The molecule has 82 valence electrons. The Hall–Kier alpha value is -0.830. The highest BCUT2D eigenvalue weighted by atomic mass is 15.1. The van der Waals surface area contributed by atoms with E-state index >= 15 is 0 Å². The molecule has 15 heavy (non-hydrogen) atoms. The number of hydrogen-bond donors (Lipinski definition) is 1. The van der Waals surface area contributed by atoms with Crippen LogP contribution in [0.15, 0.2) is 6.33 Å². The molecule has 3 heteroatoms. The maximum absolute atomic E-state index is 4.49. The van der Waals surface area contributed by atoms with Gasteiger partial charge in [-0.05, 0) is 17.8 Å². The molecule has 1 aromatic heterocycles. The van der Waals surface area contributed by atoms with E-state index in [0.717, 1.165) is 25.4 Å². The van der Waals surface area contributed by atoms with E-state index in [1.54, 1.807) is 0 Å². The Bertz CT molecular complexity index is 378. The van der Waals surface area contributed by atoms with Gasteiger partial charge in [-0.2, -0.15) is 0 Å². The molecule has 2 aliphatic rings. The largest absolute Gasteiger partial charge is 0.334 e. The number of rotatable bonds is 2. The van der Waals surface area contributed by atoms with Gasteiger partial charge in [0.2, 0.25) is 0 Å². The monoisotopic (exact) mass is 205 g/mol. The zero-order valence-electron chi connectivity index (χ0n) is 9.58. The van der Waals surface area contributed by atoms with Gasteiger partial charge in [0, 0.05) is 31.7 Å². The van der Waals surface area contributed by atoms with Crippen LogP contribution in [0.5, 0.6) is 0 Å². The highest BCUT2D eigenvalue weighted by Crippen LogP contribution is 2.52. The van der Waals surface area contributed by atoms with Gasteiger partial charge in [-0.25, -0.2) is 4.98 Å². The summed E-state index contributed by atoms with van der Waals surface area (Å²) in [6.07, 6.45) is 4.55. The summed E-state index contributed by atoms with van der Waals surface area (Å²) in [5.41, 5.74) is 3.31. The summed E-state index contributed by atoms with van der Waals surface area (Å²) in [6.45, 7) is 7.96. The van der Waals surface area contributed by atoms with E-state index in [-0.39, 0.29) is 0 Å². The number of nitrogens with one attached hydrogen (secondary N) is 1. The molecule has 3 rings (SSSR count). The summed E-state index contributed by atoms with van der Waals surface area (Å²) in [7, 11) is 0. The van der Waals surface area contributed by atoms with Crippen LogP contribution in [0, 0.1) is 11.3 Å². The third kappa shape index (κ3) is 1.59. The van der Waals surface area contributed by atoms with Crippen LogP contribution in [0.25, 0.3) is 0 Å². The van der Waals surface area contributed by atoms with Gasteiger partial charge in [-0.3, -0.25) is 0 Å². The van der Waals surface area contributed by atoms with Gasteiger partial charge in [0.25, 0.3) is 0 Å². The van der Waals surface area contributed by atoms with Crippen molar-refractivity contribution in [2.45, 2.75) is 39.8 Å². The molecule has 1 fully saturated rings. The fraction of sp³-hybridized carbons (Fsp3) is 0.750. The molecule has 1 saturated carbocycles. The van der Waals surface area contributed by atoms with Crippen molar-refractivity contribution in [3.63, 3.8) is 0 Å².